The molecule has 7 nitrogen and oxygen atoms in total. The summed E-state index contributed by atoms with van der Waals surface area (Å²) < 4.78 is 0. The monoisotopic (exact) mass is 287 g/mol. The first kappa shape index (κ1) is 16.7. The molecule has 116 valence electrons. The van der Waals surface area contributed by atoms with E-state index in [0.717, 1.165) is 32.9 Å². The van der Waals surface area contributed by atoms with Crippen LogP contribution in [0.15, 0.2) is 0 Å². The van der Waals surface area contributed by atoms with E-state index in [9.17, 15) is 14.7 Å². The first-order chi connectivity index (χ1) is 9.15. The van der Waals surface area contributed by atoms with Crippen LogP contribution in [-0.2, 0) is 4.79 Å². The summed E-state index contributed by atoms with van der Waals surface area (Å²) in [6.07, 6.45) is 2.02. The summed E-state index contributed by atoms with van der Waals surface area (Å²) >= 11 is 0. The molecular weight excluding hydrogens is 262 g/mol. The summed E-state index contributed by atoms with van der Waals surface area (Å²) in [7, 11) is 2.08. The highest BCUT2D eigenvalue weighted by Gasteiger charge is 2.31. The number of amides is 2. The molecule has 2 amide bonds. The van der Waals surface area contributed by atoms with E-state index in [2.05, 4.69) is 29.5 Å². The number of likely N-dealkylation sites (tertiary alicyclic amines) is 1. The minimum absolute atomic E-state index is 0.0686. The average molecular weight is 287 g/mol. The summed E-state index contributed by atoms with van der Waals surface area (Å²) in [6.45, 7) is 5.51. The van der Waals surface area contributed by atoms with Gasteiger partial charge in [0, 0.05) is 6.54 Å². The van der Waals surface area contributed by atoms with Gasteiger partial charge in [-0.2, -0.15) is 0 Å². The molecule has 1 aliphatic heterocycles. The quantitative estimate of drug-likeness (QED) is 0.563. The number of nitrogens with one attached hydrogen (secondary N) is 2. The molecule has 0 bridgehead atoms. The lowest BCUT2D eigenvalue weighted by Gasteiger charge is -2.38. The zero-order chi connectivity index (χ0) is 15.4. The van der Waals surface area contributed by atoms with Crippen molar-refractivity contribution in [3.63, 3.8) is 0 Å². The van der Waals surface area contributed by atoms with E-state index in [1.807, 2.05) is 0 Å². The number of carbonyl (C=O) groups is 2. The van der Waals surface area contributed by atoms with Gasteiger partial charge in [-0.05, 0) is 45.3 Å². The van der Waals surface area contributed by atoms with Crippen LogP contribution in [0, 0.1) is 5.41 Å². The third-order valence-electron chi connectivity index (χ3n) is 3.92. The van der Waals surface area contributed by atoms with Gasteiger partial charge in [-0.15, -0.1) is 0 Å². The molecule has 20 heavy (non-hydrogen) atoms. The van der Waals surface area contributed by atoms with Gasteiger partial charge in [-0.3, -0.25) is 0 Å². The van der Waals surface area contributed by atoms with E-state index in [1.165, 1.54) is 0 Å². The maximum absolute atomic E-state index is 11.6. The van der Waals surface area contributed by atoms with E-state index in [4.69, 9.17) is 5.11 Å². The second-order valence-electron chi connectivity index (χ2n) is 6.23. The topological polar surface area (TPSA) is 102 Å². The first-order valence-corrected chi connectivity index (χ1v) is 6.81. The van der Waals surface area contributed by atoms with E-state index in [0.29, 0.717) is 6.54 Å². The Kier molecular flexibility index (Phi) is 5.35. The normalized spacial score (nSPS) is 21.8. The smallest absolute Gasteiger partial charge is 0.337 e. The molecule has 1 atom stereocenters. The molecule has 1 rings (SSSR count). The van der Waals surface area contributed by atoms with Crippen LogP contribution in [0.4, 0.5) is 4.79 Å². The Bertz CT molecular complexity index is 363. The molecule has 1 heterocycles. The molecule has 4 N–H and O–H groups in total. The molecule has 1 fully saturated rings. The lowest BCUT2D eigenvalue weighted by molar-refractivity contribution is -0.155. The van der Waals surface area contributed by atoms with Crippen molar-refractivity contribution >= 4 is 12.0 Å². The fraction of sp³-hybridized carbons (Fsp3) is 0.846. The fourth-order valence-corrected chi connectivity index (χ4v) is 2.02. The number of carboxylic acid groups (broad SMARTS) is 1. The van der Waals surface area contributed by atoms with Gasteiger partial charge in [-0.1, -0.05) is 6.92 Å². The molecule has 0 radical (unpaired) electrons. The number of nitrogens with zero attached hydrogens (tertiary/aromatic N) is 1. The third-order valence-corrected chi connectivity index (χ3v) is 3.92. The van der Waals surface area contributed by atoms with Crippen molar-refractivity contribution < 1.29 is 19.8 Å². The van der Waals surface area contributed by atoms with Crippen molar-refractivity contribution in [1.82, 2.24) is 15.5 Å². The Morgan fingerprint density at radius 1 is 1.30 bits per heavy atom. The van der Waals surface area contributed by atoms with Crippen LogP contribution < -0.4 is 10.6 Å². The standard InChI is InChI=1S/C13H25N3O4/c1-12(4-6-16(3)7-5-12)8-14-11(19)15-9-13(2,20)10(17)18/h20H,4-9H2,1-3H3,(H,17,18)(H2,14,15,19). The molecule has 0 aromatic rings. The van der Waals surface area contributed by atoms with Crippen molar-refractivity contribution in [3.05, 3.63) is 0 Å². The van der Waals surface area contributed by atoms with Gasteiger partial charge < -0.3 is 25.7 Å². The van der Waals surface area contributed by atoms with Crippen molar-refractivity contribution in [1.29, 1.82) is 0 Å². The number of hydrogen-bond acceptors (Lipinski definition) is 4. The van der Waals surface area contributed by atoms with E-state index >= 15 is 0 Å². The predicted molar refractivity (Wildman–Crippen MR) is 74.5 cm³/mol. The summed E-state index contributed by atoms with van der Waals surface area (Å²) in [5.41, 5.74) is -1.88. The SMILES string of the molecule is CN1CCC(C)(CNC(=O)NCC(C)(O)C(=O)O)CC1. The van der Waals surface area contributed by atoms with Crippen LogP contribution in [0.2, 0.25) is 0 Å². The van der Waals surface area contributed by atoms with Gasteiger partial charge in [-0.25, -0.2) is 9.59 Å². The van der Waals surface area contributed by atoms with Crippen LogP contribution >= 0.6 is 0 Å². The molecule has 1 saturated heterocycles. The van der Waals surface area contributed by atoms with Crippen molar-refractivity contribution in [3.8, 4) is 0 Å². The van der Waals surface area contributed by atoms with Gasteiger partial charge in [0.25, 0.3) is 0 Å². The van der Waals surface area contributed by atoms with Crippen LogP contribution in [0.25, 0.3) is 0 Å². The number of urea groups is 1. The minimum Gasteiger partial charge on any atom is -0.479 e. The van der Waals surface area contributed by atoms with Gasteiger partial charge in [0.05, 0.1) is 6.54 Å². The van der Waals surface area contributed by atoms with Gasteiger partial charge in [0.2, 0.25) is 0 Å². The summed E-state index contributed by atoms with van der Waals surface area (Å²) in [5, 5.41) is 23.3. The first-order valence-electron chi connectivity index (χ1n) is 6.81. The Labute approximate surface area is 119 Å². The Hall–Kier alpha value is -1.34. The summed E-state index contributed by atoms with van der Waals surface area (Å²) in [5.74, 6) is -1.36. The number of carboxylic acids is 1. The highest BCUT2D eigenvalue weighted by molar-refractivity contribution is 5.79. The van der Waals surface area contributed by atoms with Crippen molar-refractivity contribution in [2.45, 2.75) is 32.3 Å². The van der Waals surface area contributed by atoms with Crippen molar-refractivity contribution in [2.24, 2.45) is 5.41 Å². The third kappa shape index (κ3) is 4.97. The zero-order valence-electron chi connectivity index (χ0n) is 12.4. The zero-order valence-corrected chi connectivity index (χ0v) is 12.4. The highest BCUT2D eigenvalue weighted by atomic mass is 16.4. The second-order valence-corrected chi connectivity index (χ2v) is 6.23. The number of hydrogen-bond donors (Lipinski definition) is 4. The van der Waals surface area contributed by atoms with Crippen molar-refractivity contribution in [2.75, 3.05) is 33.2 Å². The molecule has 7 heteroatoms. The Balaban J connectivity index is 2.31. The van der Waals surface area contributed by atoms with Gasteiger partial charge in [0.1, 0.15) is 0 Å². The number of rotatable bonds is 5. The largest absolute Gasteiger partial charge is 0.479 e. The average Bonchev–Trinajstić information content (AvgIpc) is 2.38. The minimum atomic E-state index is -1.95. The molecule has 1 unspecified atom stereocenters. The van der Waals surface area contributed by atoms with Crippen LogP contribution in [0.5, 0.6) is 0 Å². The summed E-state index contributed by atoms with van der Waals surface area (Å²) in [4.78, 5) is 24.6. The number of aliphatic hydroxyl groups is 1. The molecule has 0 saturated carbocycles. The van der Waals surface area contributed by atoms with Gasteiger partial charge in [0.15, 0.2) is 5.60 Å². The Morgan fingerprint density at radius 2 is 1.85 bits per heavy atom. The molecule has 1 aliphatic rings. The predicted octanol–water partition coefficient (Wildman–Crippen LogP) is -0.147. The van der Waals surface area contributed by atoms with Crippen LogP contribution in [0.3, 0.4) is 0 Å². The molecule has 0 aliphatic carbocycles. The summed E-state index contributed by atoms with van der Waals surface area (Å²) in [6, 6.07) is -0.452. The number of aliphatic carboxylic acids is 1. The van der Waals surface area contributed by atoms with E-state index < -0.39 is 17.6 Å². The van der Waals surface area contributed by atoms with E-state index in [-0.39, 0.29) is 12.0 Å². The highest BCUT2D eigenvalue weighted by Crippen LogP contribution is 2.29. The Morgan fingerprint density at radius 3 is 2.35 bits per heavy atom. The molecule has 0 aromatic heterocycles. The lowest BCUT2D eigenvalue weighted by Crippen LogP contribution is -2.51. The molecular formula is C13H25N3O4. The van der Waals surface area contributed by atoms with Gasteiger partial charge >= 0.3 is 12.0 Å². The number of carbonyl (C=O) groups excluding carboxylic acids is 1. The second kappa shape index (κ2) is 6.41. The maximum Gasteiger partial charge on any atom is 0.337 e. The fourth-order valence-electron chi connectivity index (χ4n) is 2.02. The van der Waals surface area contributed by atoms with Crippen LogP contribution in [-0.4, -0.2) is 65.9 Å². The number of piperidine rings is 1. The molecule has 0 spiro atoms. The maximum atomic E-state index is 11.6. The van der Waals surface area contributed by atoms with Crippen LogP contribution in [0.1, 0.15) is 26.7 Å². The lowest BCUT2D eigenvalue weighted by atomic mass is 9.80. The van der Waals surface area contributed by atoms with E-state index in [1.54, 1.807) is 0 Å². The molecule has 0 aromatic carbocycles.